The fourth-order valence-corrected chi connectivity index (χ4v) is 7.23. The molecule has 0 spiro atoms. The van der Waals surface area contributed by atoms with Crippen LogP contribution in [-0.2, 0) is 28.6 Å². The molecule has 0 saturated carbocycles. The fraction of sp³-hybridized carbons (Fsp3) is 0.830. The molecular weight excluding hydrogens is 733 g/mol. The number of carbonyl (C=O) groups is 3. The van der Waals surface area contributed by atoms with E-state index in [-0.39, 0.29) is 31.1 Å². The molecular formula is C53H96O6. The van der Waals surface area contributed by atoms with Crippen LogP contribution in [0.1, 0.15) is 265 Å². The molecule has 0 aliphatic carbocycles. The molecule has 6 nitrogen and oxygen atoms in total. The van der Waals surface area contributed by atoms with Gasteiger partial charge in [0, 0.05) is 19.3 Å². The first-order chi connectivity index (χ1) is 29.0. The van der Waals surface area contributed by atoms with Gasteiger partial charge in [-0.3, -0.25) is 14.4 Å². The Labute approximate surface area is 365 Å². The summed E-state index contributed by atoms with van der Waals surface area (Å²) >= 11 is 0. The zero-order valence-electron chi connectivity index (χ0n) is 39.3. The highest BCUT2D eigenvalue weighted by Crippen LogP contribution is 2.15. The smallest absolute Gasteiger partial charge is 0.306 e. The van der Waals surface area contributed by atoms with Crippen LogP contribution in [0.3, 0.4) is 0 Å². The number of esters is 3. The van der Waals surface area contributed by atoms with Gasteiger partial charge in [-0.2, -0.15) is 0 Å². The number of hydrogen-bond acceptors (Lipinski definition) is 6. The minimum atomic E-state index is -0.772. The summed E-state index contributed by atoms with van der Waals surface area (Å²) in [6.07, 6.45) is 55.7. The summed E-state index contributed by atoms with van der Waals surface area (Å²) < 4.78 is 16.7. The summed E-state index contributed by atoms with van der Waals surface area (Å²) in [7, 11) is 0. The van der Waals surface area contributed by atoms with E-state index in [1.165, 1.54) is 148 Å². The maximum absolute atomic E-state index is 12.7. The molecule has 1 atom stereocenters. The van der Waals surface area contributed by atoms with Gasteiger partial charge in [-0.15, -0.1) is 0 Å². The molecule has 0 rings (SSSR count). The zero-order valence-corrected chi connectivity index (χ0v) is 39.3. The minimum absolute atomic E-state index is 0.0749. The normalized spacial score (nSPS) is 12.3. The van der Waals surface area contributed by atoms with Gasteiger partial charge in [-0.1, -0.05) is 205 Å². The van der Waals surface area contributed by atoms with E-state index in [0.717, 1.165) is 77.0 Å². The lowest BCUT2D eigenvalue weighted by Gasteiger charge is -2.18. The van der Waals surface area contributed by atoms with E-state index in [2.05, 4.69) is 57.2 Å². The molecule has 0 fully saturated rings. The van der Waals surface area contributed by atoms with Crippen molar-refractivity contribution in [3.8, 4) is 0 Å². The lowest BCUT2D eigenvalue weighted by Crippen LogP contribution is -2.30. The van der Waals surface area contributed by atoms with Crippen LogP contribution in [0.4, 0.5) is 0 Å². The third-order valence-corrected chi connectivity index (χ3v) is 11.1. The molecule has 6 heteroatoms. The summed E-state index contributed by atoms with van der Waals surface area (Å²) in [4.78, 5) is 37.8. The van der Waals surface area contributed by atoms with Crippen LogP contribution >= 0.6 is 0 Å². The van der Waals surface area contributed by atoms with Crippen LogP contribution in [0.5, 0.6) is 0 Å². The average Bonchev–Trinajstić information content (AvgIpc) is 3.23. The molecule has 0 radical (unpaired) electrons. The van der Waals surface area contributed by atoms with E-state index in [9.17, 15) is 14.4 Å². The summed E-state index contributed by atoms with van der Waals surface area (Å²) in [5.74, 6) is -0.886. The van der Waals surface area contributed by atoms with E-state index in [1.54, 1.807) is 0 Å². The highest BCUT2D eigenvalue weighted by Gasteiger charge is 2.19. The van der Waals surface area contributed by atoms with Gasteiger partial charge in [-0.25, -0.2) is 0 Å². The standard InChI is InChI=1S/C53H96O6/c1-4-7-10-13-16-19-21-23-24-25-26-27-28-29-30-31-33-34-37-40-43-46-52(55)58-49-50(48-57-51(54)45-42-39-36-18-15-12-9-6-3)59-53(56)47-44-41-38-35-32-22-20-17-14-11-8-5-2/h17,20-21,23,25-26,50H,4-16,18-19,22,24,27-49H2,1-3H3/b20-17-,23-21-,26-25-. The van der Waals surface area contributed by atoms with E-state index < -0.39 is 6.10 Å². The van der Waals surface area contributed by atoms with Crippen molar-refractivity contribution < 1.29 is 28.6 Å². The maximum atomic E-state index is 12.7. The number of unbranched alkanes of at least 4 members (excludes halogenated alkanes) is 29. The molecule has 59 heavy (non-hydrogen) atoms. The number of rotatable bonds is 46. The molecule has 0 saturated heterocycles. The molecule has 0 aliphatic rings. The molecule has 0 aliphatic heterocycles. The van der Waals surface area contributed by atoms with Crippen LogP contribution in [0.15, 0.2) is 36.5 Å². The quantitative estimate of drug-likeness (QED) is 0.0263. The van der Waals surface area contributed by atoms with Gasteiger partial charge in [0.15, 0.2) is 6.10 Å². The first kappa shape index (κ1) is 56.6. The van der Waals surface area contributed by atoms with E-state index in [4.69, 9.17) is 14.2 Å². The van der Waals surface area contributed by atoms with Crippen molar-refractivity contribution in [1.29, 1.82) is 0 Å². The van der Waals surface area contributed by atoms with Crippen molar-refractivity contribution in [3.05, 3.63) is 36.5 Å². The number of ether oxygens (including phenoxy) is 3. The second-order valence-corrected chi connectivity index (χ2v) is 17.1. The van der Waals surface area contributed by atoms with Crippen molar-refractivity contribution in [3.63, 3.8) is 0 Å². The highest BCUT2D eigenvalue weighted by atomic mass is 16.6. The lowest BCUT2D eigenvalue weighted by atomic mass is 10.1. The second kappa shape index (κ2) is 48.3. The minimum Gasteiger partial charge on any atom is -0.462 e. The first-order valence-electron chi connectivity index (χ1n) is 25.5. The Bertz CT molecular complexity index is 1000. The Kier molecular flexibility index (Phi) is 46.4. The summed E-state index contributed by atoms with van der Waals surface area (Å²) in [5.41, 5.74) is 0. The van der Waals surface area contributed by atoms with Gasteiger partial charge in [0.05, 0.1) is 0 Å². The highest BCUT2D eigenvalue weighted by molar-refractivity contribution is 5.71. The van der Waals surface area contributed by atoms with Gasteiger partial charge in [-0.05, 0) is 77.0 Å². The van der Waals surface area contributed by atoms with Crippen LogP contribution < -0.4 is 0 Å². The second-order valence-electron chi connectivity index (χ2n) is 17.1. The van der Waals surface area contributed by atoms with Crippen molar-refractivity contribution >= 4 is 17.9 Å². The number of allylic oxidation sites excluding steroid dienone is 6. The Morgan fingerprint density at radius 2 is 0.610 bits per heavy atom. The van der Waals surface area contributed by atoms with Crippen LogP contribution in [0.2, 0.25) is 0 Å². The Hall–Kier alpha value is -2.37. The van der Waals surface area contributed by atoms with Gasteiger partial charge in [0.25, 0.3) is 0 Å². The molecule has 344 valence electrons. The van der Waals surface area contributed by atoms with E-state index in [1.807, 2.05) is 0 Å². The number of hydrogen-bond donors (Lipinski definition) is 0. The first-order valence-corrected chi connectivity index (χ1v) is 25.5. The van der Waals surface area contributed by atoms with Gasteiger partial charge >= 0.3 is 17.9 Å². The Morgan fingerprint density at radius 1 is 0.339 bits per heavy atom. The fourth-order valence-electron chi connectivity index (χ4n) is 7.23. The van der Waals surface area contributed by atoms with Crippen LogP contribution in [-0.4, -0.2) is 37.2 Å². The third-order valence-electron chi connectivity index (χ3n) is 11.1. The van der Waals surface area contributed by atoms with E-state index >= 15 is 0 Å². The number of carbonyl (C=O) groups excluding carboxylic acids is 3. The predicted molar refractivity (Wildman–Crippen MR) is 252 cm³/mol. The van der Waals surface area contributed by atoms with Gasteiger partial charge < -0.3 is 14.2 Å². The van der Waals surface area contributed by atoms with Crippen molar-refractivity contribution in [1.82, 2.24) is 0 Å². The molecule has 0 heterocycles. The summed E-state index contributed by atoms with van der Waals surface area (Å²) in [6, 6.07) is 0. The summed E-state index contributed by atoms with van der Waals surface area (Å²) in [5, 5.41) is 0. The molecule has 0 aromatic heterocycles. The molecule has 0 amide bonds. The SMILES string of the molecule is CCCCC/C=C\CCCCCCCC(=O)OC(COC(=O)CCCCCCCCCC)COC(=O)CCCCCCCCCCC/C=C\C/C=C\CCCCCCC. The maximum Gasteiger partial charge on any atom is 0.306 e. The summed E-state index contributed by atoms with van der Waals surface area (Å²) in [6.45, 7) is 6.57. The predicted octanol–water partition coefficient (Wildman–Crippen LogP) is 16.5. The largest absolute Gasteiger partial charge is 0.462 e. The third kappa shape index (κ3) is 46.5. The average molecular weight is 829 g/mol. The van der Waals surface area contributed by atoms with Gasteiger partial charge in [0.1, 0.15) is 13.2 Å². The Morgan fingerprint density at radius 3 is 0.983 bits per heavy atom. The molecule has 0 aromatic carbocycles. The topological polar surface area (TPSA) is 78.9 Å². The molecule has 1 unspecified atom stereocenters. The van der Waals surface area contributed by atoms with Crippen LogP contribution in [0.25, 0.3) is 0 Å². The van der Waals surface area contributed by atoms with Crippen molar-refractivity contribution in [2.75, 3.05) is 13.2 Å². The van der Waals surface area contributed by atoms with Crippen molar-refractivity contribution in [2.24, 2.45) is 0 Å². The lowest BCUT2D eigenvalue weighted by molar-refractivity contribution is -0.167. The van der Waals surface area contributed by atoms with E-state index in [0.29, 0.717) is 19.3 Å². The molecule has 0 aromatic rings. The monoisotopic (exact) mass is 829 g/mol. The zero-order chi connectivity index (χ0) is 43.0. The Balaban J connectivity index is 4.23. The van der Waals surface area contributed by atoms with Crippen LogP contribution in [0, 0.1) is 0 Å². The van der Waals surface area contributed by atoms with Gasteiger partial charge in [0.2, 0.25) is 0 Å². The molecule has 0 N–H and O–H groups in total. The van der Waals surface area contributed by atoms with Crippen molar-refractivity contribution in [2.45, 2.75) is 271 Å². The molecule has 0 bridgehead atoms.